The van der Waals surface area contributed by atoms with Crippen LogP contribution in [0.5, 0.6) is 0 Å². The molecule has 0 aliphatic carbocycles. The monoisotopic (exact) mass is 383 g/mol. The number of para-hydroxylation sites is 1. The van der Waals surface area contributed by atoms with E-state index in [1.165, 1.54) is 0 Å². The Morgan fingerprint density at radius 2 is 1.74 bits per heavy atom. The molecular weight excluding hydrogens is 374 g/mol. The molecule has 2 rings (SSSR count). The Morgan fingerprint density at radius 3 is 2.37 bits per heavy atom. The summed E-state index contributed by atoms with van der Waals surface area (Å²) in [6.07, 6.45) is 0. The summed E-state index contributed by atoms with van der Waals surface area (Å²) in [5.74, 6) is 0.392. The highest BCUT2D eigenvalue weighted by Crippen LogP contribution is 2.30. The fraction of sp³-hybridized carbons (Fsp3) is 0.0769. The van der Waals surface area contributed by atoms with Crippen molar-refractivity contribution in [3.05, 3.63) is 51.0 Å². The summed E-state index contributed by atoms with van der Waals surface area (Å²) in [7, 11) is 1.76. The second-order valence-electron chi connectivity index (χ2n) is 3.71. The van der Waals surface area contributed by atoms with Crippen LogP contribution >= 0.6 is 31.9 Å². The number of anilines is 2. The molecule has 0 saturated heterocycles. The number of amides is 1. The van der Waals surface area contributed by atoms with Crippen LogP contribution in [0.25, 0.3) is 0 Å². The number of nitrogens with zero attached hydrogens (tertiary/aromatic N) is 1. The number of rotatable bonds is 3. The Hall–Kier alpha value is -1.40. The van der Waals surface area contributed by atoms with Gasteiger partial charge in [0.05, 0.1) is 5.69 Å². The summed E-state index contributed by atoms with van der Waals surface area (Å²) in [4.78, 5) is 16.3. The molecular formula is C13H11Br2N3O. The lowest BCUT2D eigenvalue weighted by Gasteiger charge is -2.09. The van der Waals surface area contributed by atoms with Crippen molar-refractivity contribution in [2.24, 2.45) is 0 Å². The van der Waals surface area contributed by atoms with Crippen molar-refractivity contribution in [2.45, 2.75) is 0 Å². The number of hydrogen-bond donors (Lipinski definition) is 2. The highest BCUT2D eigenvalue weighted by molar-refractivity contribution is 9.11. The fourth-order valence-electron chi connectivity index (χ4n) is 1.50. The maximum Gasteiger partial charge on any atom is 0.274 e. The molecule has 0 radical (unpaired) electrons. The Labute approximate surface area is 127 Å². The van der Waals surface area contributed by atoms with E-state index in [2.05, 4.69) is 47.5 Å². The van der Waals surface area contributed by atoms with Gasteiger partial charge in [-0.3, -0.25) is 4.79 Å². The largest absolute Gasteiger partial charge is 0.373 e. The van der Waals surface area contributed by atoms with Crippen LogP contribution in [0.1, 0.15) is 10.5 Å². The molecule has 98 valence electrons. The molecule has 2 N–H and O–H groups in total. The third-order valence-corrected chi connectivity index (χ3v) is 3.76. The summed E-state index contributed by atoms with van der Waals surface area (Å²) in [5.41, 5.74) is 1.04. The van der Waals surface area contributed by atoms with Crippen molar-refractivity contribution in [2.75, 3.05) is 17.7 Å². The van der Waals surface area contributed by atoms with Gasteiger partial charge >= 0.3 is 0 Å². The molecule has 0 saturated carbocycles. The zero-order valence-electron chi connectivity index (χ0n) is 10.1. The molecule has 0 aliphatic heterocycles. The van der Waals surface area contributed by atoms with Crippen molar-refractivity contribution in [3.63, 3.8) is 0 Å². The van der Waals surface area contributed by atoms with E-state index in [1.54, 1.807) is 25.2 Å². The molecule has 0 spiro atoms. The maximum atomic E-state index is 12.1. The first-order valence-electron chi connectivity index (χ1n) is 5.52. The fourth-order valence-corrected chi connectivity index (χ4v) is 2.69. The maximum absolute atomic E-state index is 12.1. The van der Waals surface area contributed by atoms with E-state index in [4.69, 9.17) is 0 Å². The van der Waals surface area contributed by atoms with Crippen LogP contribution in [0.3, 0.4) is 0 Å². The lowest BCUT2D eigenvalue weighted by molar-refractivity contribution is 0.102. The average molecular weight is 385 g/mol. The van der Waals surface area contributed by atoms with Gasteiger partial charge in [0.1, 0.15) is 11.5 Å². The van der Waals surface area contributed by atoms with Gasteiger partial charge in [0, 0.05) is 16.0 Å². The van der Waals surface area contributed by atoms with E-state index >= 15 is 0 Å². The van der Waals surface area contributed by atoms with Gasteiger partial charge in [-0.2, -0.15) is 0 Å². The number of hydrogen-bond acceptors (Lipinski definition) is 3. The number of nitrogens with one attached hydrogen (secondary N) is 2. The molecule has 0 atom stereocenters. The van der Waals surface area contributed by atoms with Gasteiger partial charge in [-0.25, -0.2) is 4.98 Å². The molecule has 0 bridgehead atoms. The summed E-state index contributed by atoms with van der Waals surface area (Å²) < 4.78 is 1.61. The molecule has 0 aliphatic rings. The second-order valence-corrected chi connectivity index (χ2v) is 5.42. The van der Waals surface area contributed by atoms with Gasteiger partial charge in [-0.1, -0.05) is 12.1 Å². The lowest BCUT2D eigenvalue weighted by atomic mass is 10.3. The Bertz CT molecular complexity index is 596. The first-order valence-corrected chi connectivity index (χ1v) is 7.10. The highest BCUT2D eigenvalue weighted by atomic mass is 79.9. The van der Waals surface area contributed by atoms with Gasteiger partial charge in [-0.05, 0) is 56.1 Å². The van der Waals surface area contributed by atoms with Crippen molar-refractivity contribution in [1.29, 1.82) is 0 Å². The van der Waals surface area contributed by atoms with Gasteiger partial charge < -0.3 is 10.6 Å². The predicted molar refractivity (Wildman–Crippen MR) is 83.6 cm³/mol. The third-order valence-electron chi connectivity index (χ3n) is 2.44. The first-order chi connectivity index (χ1) is 9.11. The molecule has 4 nitrogen and oxygen atoms in total. The number of carbonyl (C=O) groups is 1. The van der Waals surface area contributed by atoms with Crippen LogP contribution in [0.2, 0.25) is 0 Å². The quantitative estimate of drug-likeness (QED) is 0.843. The van der Waals surface area contributed by atoms with Gasteiger partial charge in [0.2, 0.25) is 0 Å². The molecule has 2 aromatic rings. The molecule has 6 heteroatoms. The summed E-state index contributed by atoms with van der Waals surface area (Å²) in [6, 6.07) is 10.8. The Morgan fingerprint density at radius 1 is 1.11 bits per heavy atom. The third kappa shape index (κ3) is 3.33. The molecule has 1 heterocycles. The first kappa shape index (κ1) is 14.0. The number of carbonyl (C=O) groups excluding carboxylic acids is 1. The van der Waals surface area contributed by atoms with Crippen LogP contribution in [0.4, 0.5) is 11.5 Å². The van der Waals surface area contributed by atoms with Crippen LogP contribution in [0, 0.1) is 0 Å². The van der Waals surface area contributed by atoms with Crippen molar-refractivity contribution in [1.82, 2.24) is 4.98 Å². The Kier molecular flexibility index (Phi) is 4.55. The van der Waals surface area contributed by atoms with E-state index in [0.29, 0.717) is 17.2 Å². The summed E-state index contributed by atoms with van der Waals surface area (Å²) in [5, 5.41) is 5.72. The van der Waals surface area contributed by atoms with Crippen LogP contribution < -0.4 is 10.6 Å². The van der Waals surface area contributed by atoms with E-state index < -0.39 is 0 Å². The molecule has 0 fully saturated rings. The predicted octanol–water partition coefficient (Wildman–Crippen LogP) is 3.90. The second kappa shape index (κ2) is 6.16. The summed E-state index contributed by atoms with van der Waals surface area (Å²) >= 11 is 6.80. The minimum atomic E-state index is -0.260. The number of halogens is 2. The van der Waals surface area contributed by atoms with Crippen molar-refractivity contribution >= 4 is 49.3 Å². The summed E-state index contributed by atoms with van der Waals surface area (Å²) in [6.45, 7) is 0. The van der Waals surface area contributed by atoms with Crippen molar-refractivity contribution < 1.29 is 4.79 Å². The van der Waals surface area contributed by atoms with Crippen LogP contribution in [0.15, 0.2) is 45.3 Å². The molecule has 1 amide bonds. The molecule has 1 aromatic carbocycles. The highest BCUT2D eigenvalue weighted by Gasteiger charge is 2.12. The zero-order chi connectivity index (χ0) is 13.8. The van der Waals surface area contributed by atoms with Crippen molar-refractivity contribution in [3.8, 4) is 0 Å². The minimum Gasteiger partial charge on any atom is -0.373 e. The lowest BCUT2D eigenvalue weighted by Crippen LogP contribution is -2.15. The van der Waals surface area contributed by atoms with Crippen LogP contribution in [-0.4, -0.2) is 17.9 Å². The number of benzene rings is 1. The van der Waals surface area contributed by atoms with E-state index in [-0.39, 0.29) is 5.91 Å². The Balaban J connectivity index is 2.25. The van der Waals surface area contributed by atoms with E-state index in [9.17, 15) is 4.79 Å². The smallest absolute Gasteiger partial charge is 0.274 e. The molecule has 0 unspecified atom stereocenters. The van der Waals surface area contributed by atoms with Gasteiger partial charge in [0.15, 0.2) is 0 Å². The standard InChI is InChI=1S/C13H11Br2N3O/c1-16-11-7-3-6-10(17-11)13(19)18-12-8(14)4-2-5-9(12)15/h2-7H,1H3,(H,16,17)(H,18,19). The SMILES string of the molecule is CNc1cccc(C(=O)Nc2c(Br)cccc2Br)n1. The minimum absolute atomic E-state index is 0.260. The zero-order valence-corrected chi connectivity index (χ0v) is 13.2. The average Bonchev–Trinajstić information content (AvgIpc) is 2.43. The topological polar surface area (TPSA) is 54.0 Å². The van der Waals surface area contributed by atoms with E-state index in [0.717, 1.165) is 8.95 Å². The van der Waals surface area contributed by atoms with Gasteiger partial charge in [0.25, 0.3) is 5.91 Å². The normalized spacial score (nSPS) is 10.1. The number of pyridine rings is 1. The molecule has 1 aromatic heterocycles. The number of aromatic nitrogens is 1. The van der Waals surface area contributed by atoms with Crippen LogP contribution in [-0.2, 0) is 0 Å². The van der Waals surface area contributed by atoms with E-state index in [1.807, 2.05) is 18.2 Å². The molecule has 19 heavy (non-hydrogen) atoms. The van der Waals surface area contributed by atoms with Gasteiger partial charge in [-0.15, -0.1) is 0 Å².